The van der Waals surface area contributed by atoms with Crippen LogP contribution in [0.25, 0.3) is 0 Å². The summed E-state index contributed by atoms with van der Waals surface area (Å²) in [6.07, 6.45) is -1.45. The fourth-order valence-electron chi connectivity index (χ4n) is 1.65. The van der Waals surface area contributed by atoms with E-state index in [0.717, 1.165) is 18.6 Å². The van der Waals surface area contributed by atoms with Gasteiger partial charge in [-0.25, -0.2) is 0 Å². The zero-order valence-corrected chi connectivity index (χ0v) is 9.37. The maximum Gasteiger partial charge on any atom is 0.411 e. The van der Waals surface area contributed by atoms with Gasteiger partial charge < -0.3 is 14.7 Å². The van der Waals surface area contributed by atoms with Crippen molar-refractivity contribution in [3.05, 3.63) is 0 Å². The second kappa shape index (κ2) is 6.80. The number of nitrogens with zero attached hydrogens (tertiary/aromatic N) is 1. The van der Waals surface area contributed by atoms with Crippen molar-refractivity contribution >= 4 is 5.71 Å². The Balaban J connectivity index is 2.01. The first-order valence-electron chi connectivity index (χ1n) is 5.47. The lowest BCUT2D eigenvalue weighted by Crippen LogP contribution is -2.24. The number of oxime groups is 1. The van der Waals surface area contributed by atoms with Crippen molar-refractivity contribution < 1.29 is 27.9 Å². The Morgan fingerprint density at radius 2 is 1.88 bits per heavy atom. The van der Waals surface area contributed by atoms with Gasteiger partial charge in [-0.1, -0.05) is 5.16 Å². The van der Waals surface area contributed by atoms with Crippen LogP contribution in [0, 0.1) is 0 Å². The van der Waals surface area contributed by atoms with Gasteiger partial charge in [0.2, 0.25) is 0 Å². The normalized spacial score (nSPS) is 21.6. The van der Waals surface area contributed by atoms with Crippen LogP contribution < -0.4 is 0 Å². The van der Waals surface area contributed by atoms with Crippen LogP contribution in [0.1, 0.15) is 25.7 Å². The van der Waals surface area contributed by atoms with Crippen LogP contribution in [0.3, 0.4) is 0 Å². The number of rotatable bonds is 5. The van der Waals surface area contributed by atoms with Crippen LogP contribution in [-0.2, 0) is 9.47 Å². The first-order chi connectivity index (χ1) is 8.01. The molecular weight excluding hydrogens is 239 g/mol. The average Bonchev–Trinajstić information content (AvgIpc) is 2.28. The summed E-state index contributed by atoms with van der Waals surface area (Å²) in [4.78, 5) is 0. The highest BCUT2D eigenvalue weighted by atomic mass is 19.4. The fraction of sp³-hybridized carbons (Fsp3) is 0.900. The molecule has 100 valence electrons. The molecule has 1 N–H and O–H groups in total. The van der Waals surface area contributed by atoms with Gasteiger partial charge >= 0.3 is 6.18 Å². The molecule has 0 radical (unpaired) electrons. The van der Waals surface area contributed by atoms with E-state index in [1.54, 1.807) is 0 Å². The Hall–Kier alpha value is -0.820. The molecule has 0 amide bonds. The first kappa shape index (κ1) is 14.2. The van der Waals surface area contributed by atoms with Crippen LogP contribution in [0.5, 0.6) is 0 Å². The highest BCUT2D eigenvalue weighted by molar-refractivity contribution is 5.84. The third-order valence-corrected chi connectivity index (χ3v) is 2.50. The standard InChI is InChI=1S/C10H16F3NO3/c11-10(12,13)7-16-5-6-17-9-3-1-8(14-15)2-4-9/h9,15H,1-7H2. The van der Waals surface area contributed by atoms with Crippen molar-refractivity contribution in [1.82, 2.24) is 0 Å². The van der Waals surface area contributed by atoms with E-state index in [-0.39, 0.29) is 19.3 Å². The molecular formula is C10H16F3NO3. The van der Waals surface area contributed by atoms with Crippen molar-refractivity contribution in [2.45, 2.75) is 38.0 Å². The van der Waals surface area contributed by atoms with Gasteiger partial charge in [0.15, 0.2) is 0 Å². The number of alkyl halides is 3. The fourth-order valence-corrected chi connectivity index (χ4v) is 1.65. The molecule has 0 unspecified atom stereocenters. The molecule has 17 heavy (non-hydrogen) atoms. The van der Waals surface area contributed by atoms with Gasteiger partial charge in [0.1, 0.15) is 6.61 Å². The van der Waals surface area contributed by atoms with Crippen LogP contribution in [0.4, 0.5) is 13.2 Å². The van der Waals surface area contributed by atoms with E-state index in [2.05, 4.69) is 9.89 Å². The number of hydrogen-bond acceptors (Lipinski definition) is 4. The van der Waals surface area contributed by atoms with Crippen molar-refractivity contribution in [2.24, 2.45) is 5.16 Å². The molecule has 0 atom stereocenters. The molecule has 0 aliphatic heterocycles. The van der Waals surface area contributed by atoms with Gasteiger partial charge in [0, 0.05) is 0 Å². The van der Waals surface area contributed by atoms with Gasteiger partial charge in [0.05, 0.1) is 25.0 Å². The van der Waals surface area contributed by atoms with E-state index in [9.17, 15) is 13.2 Å². The summed E-state index contributed by atoms with van der Waals surface area (Å²) in [5.74, 6) is 0. The first-order valence-corrected chi connectivity index (χ1v) is 5.47. The largest absolute Gasteiger partial charge is 0.411 e. The Labute approximate surface area is 97.4 Å². The molecule has 1 rings (SSSR count). The minimum atomic E-state index is -4.28. The molecule has 0 aromatic rings. The lowest BCUT2D eigenvalue weighted by Gasteiger charge is -2.22. The smallest absolute Gasteiger partial charge is 0.411 e. The van der Waals surface area contributed by atoms with Crippen LogP contribution in [0.15, 0.2) is 5.16 Å². The minimum Gasteiger partial charge on any atom is -0.411 e. The van der Waals surface area contributed by atoms with Gasteiger partial charge in [-0.15, -0.1) is 0 Å². The van der Waals surface area contributed by atoms with E-state index in [1.165, 1.54) is 0 Å². The van der Waals surface area contributed by atoms with E-state index in [1.807, 2.05) is 0 Å². The summed E-state index contributed by atoms with van der Waals surface area (Å²) in [6, 6.07) is 0. The molecule has 7 heteroatoms. The molecule has 0 aromatic heterocycles. The van der Waals surface area contributed by atoms with Gasteiger partial charge in [-0.3, -0.25) is 0 Å². The summed E-state index contributed by atoms with van der Waals surface area (Å²) in [7, 11) is 0. The lowest BCUT2D eigenvalue weighted by molar-refractivity contribution is -0.177. The monoisotopic (exact) mass is 255 g/mol. The predicted octanol–water partition coefficient (Wildman–Crippen LogP) is 2.35. The number of ether oxygens (including phenoxy) is 2. The third kappa shape index (κ3) is 6.48. The maximum absolute atomic E-state index is 11.7. The van der Waals surface area contributed by atoms with Gasteiger partial charge in [-0.2, -0.15) is 13.2 Å². The molecule has 1 fully saturated rings. The van der Waals surface area contributed by atoms with Crippen LogP contribution in [-0.4, -0.2) is 43.0 Å². The highest BCUT2D eigenvalue weighted by Gasteiger charge is 2.27. The zero-order chi connectivity index (χ0) is 12.7. The van der Waals surface area contributed by atoms with E-state index < -0.39 is 12.8 Å². The molecule has 0 aromatic carbocycles. The third-order valence-electron chi connectivity index (χ3n) is 2.50. The summed E-state index contributed by atoms with van der Waals surface area (Å²) in [5.41, 5.74) is 0.748. The van der Waals surface area contributed by atoms with Gasteiger partial charge in [0.25, 0.3) is 0 Å². The lowest BCUT2D eigenvalue weighted by atomic mass is 9.96. The maximum atomic E-state index is 11.7. The molecule has 4 nitrogen and oxygen atoms in total. The van der Waals surface area contributed by atoms with Crippen molar-refractivity contribution in [3.63, 3.8) is 0 Å². The SMILES string of the molecule is ON=C1CCC(OCCOCC(F)(F)F)CC1. The Morgan fingerprint density at radius 3 is 2.41 bits per heavy atom. The minimum absolute atomic E-state index is 0.0231. The second-order valence-corrected chi connectivity index (χ2v) is 3.90. The van der Waals surface area contributed by atoms with Crippen molar-refractivity contribution in [2.75, 3.05) is 19.8 Å². The zero-order valence-electron chi connectivity index (χ0n) is 9.37. The van der Waals surface area contributed by atoms with E-state index in [0.29, 0.717) is 12.8 Å². The topological polar surface area (TPSA) is 51.1 Å². The summed E-state index contributed by atoms with van der Waals surface area (Å²) in [6.45, 7) is -1.13. The van der Waals surface area contributed by atoms with Crippen LogP contribution >= 0.6 is 0 Å². The Bertz CT molecular complexity index is 246. The quantitative estimate of drug-likeness (QED) is 0.466. The van der Waals surface area contributed by atoms with Crippen molar-refractivity contribution in [3.8, 4) is 0 Å². The molecule has 0 spiro atoms. The molecule has 0 saturated heterocycles. The molecule has 1 aliphatic rings. The Kier molecular flexibility index (Phi) is 5.70. The predicted molar refractivity (Wildman–Crippen MR) is 54.3 cm³/mol. The summed E-state index contributed by atoms with van der Waals surface area (Å²) >= 11 is 0. The molecule has 0 heterocycles. The van der Waals surface area contributed by atoms with Crippen molar-refractivity contribution in [1.29, 1.82) is 0 Å². The summed E-state index contributed by atoms with van der Waals surface area (Å²) < 4.78 is 44.9. The average molecular weight is 255 g/mol. The van der Waals surface area contributed by atoms with E-state index >= 15 is 0 Å². The second-order valence-electron chi connectivity index (χ2n) is 3.90. The summed E-state index contributed by atoms with van der Waals surface area (Å²) in [5, 5.41) is 11.7. The van der Waals surface area contributed by atoms with Crippen LogP contribution in [0.2, 0.25) is 0 Å². The Morgan fingerprint density at radius 1 is 1.24 bits per heavy atom. The number of hydrogen-bond donors (Lipinski definition) is 1. The highest BCUT2D eigenvalue weighted by Crippen LogP contribution is 2.19. The number of halogens is 3. The van der Waals surface area contributed by atoms with E-state index in [4.69, 9.17) is 9.94 Å². The molecule has 1 aliphatic carbocycles. The molecule has 1 saturated carbocycles. The van der Waals surface area contributed by atoms with Gasteiger partial charge in [-0.05, 0) is 25.7 Å². The molecule has 0 bridgehead atoms.